The molecule has 3 heteroatoms. The second-order valence-corrected chi connectivity index (χ2v) is 4.87. The Balaban J connectivity index is 2.06. The number of carbonyl (C=O) groups is 1. The fourth-order valence-electron chi connectivity index (χ4n) is 2.09. The molecule has 0 saturated heterocycles. The van der Waals surface area contributed by atoms with Crippen molar-refractivity contribution in [3.8, 4) is 0 Å². The normalized spacial score (nSPS) is 17.6. The van der Waals surface area contributed by atoms with Crippen LogP contribution in [0.5, 0.6) is 0 Å². The van der Waals surface area contributed by atoms with Gasteiger partial charge in [0.25, 0.3) is 0 Å². The maximum Gasteiger partial charge on any atom is 0.337 e. The molecule has 0 bridgehead atoms. The Morgan fingerprint density at radius 3 is 2.69 bits per heavy atom. The summed E-state index contributed by atoms with van der Waals surface area (Å²) in [5.74, 6) is -0.873. The Morgan fingerprint density at radius 1 is 1.44 bits per heavy atom. The Kier molecular flexibility index (Phi) is 2.86. The number of carboxylic acids is 1. The van der Waals surface area contributed by atoms with Crippen molar-refractivity contribution in [2.45, 2.75) is 26.2 Å². The van der Waals surface area contributed by atoms with E-state index in [1.54, 1.807) is 12.1 Å². The van der Waals surface area contributed by atoms with Gasteiger partial charge in [0, 0.05) is 12.2 Å². The van der Waals surface area contributed by atoms with Crippen LogP contribution in [0, 0.1) is 5.41 Å². The van der Waals surface area contributed by atoms with Crippen LogP contribution < -0.4 is 5.32 Å². The summed E-state index contributed by atoms with van der Waals surface area (Å²) < 4.78 is 0. The standard InChI is InChI=1S/C13H17NO2/c1-13(7-4-8-13)9-14-11-6-3-2-5-10(11)12(15)16/h2-3,5-6,14H,4,7-9H2,1H3,(H,15,16). The Morgan fingerprint density at radius 2 is 2.12 bits per heavy atom. The van der Waals surface area contributed by atoms with Crippen molar-refractivity contribution < 1.29 is 9.90 Å². The highest BCUT2D eigenvalue weighted by atomic mass is 16.4. The first kappa shape index (κ1) is 11.0. The highest BCUT2D eigenvalue weighted by Gasteiger charge is 2.31. The summed E-state index contributed by atoms with van der Waals surface area (Å²) in [6.45, 7) is 3.10. The van der Waals surface area contributed by atoms with E-state index < -0.39 is 5.97 Å². The zero-order valence-electron chi connectivity index (χ0n) is 9.49. The maximum absolute atomic E-state index is 11.0. The predicted octanol–water partition coefficient (Wildman–Crippen LogP) is 2.99. The molecule has 1 fully saturated rings. The predicted molar refractivity (Wildman–Crippen MR) is 63.8 cm³/mol. The van der Waals surface area contributed by atoms with Gasteiger partial charge in [0.2, 0.25) is 0 Å². The molecule has 16 heavy (non-hydrogen) atoms. The van der Waals surface area contributed by atoms with Crippen LogP contribution in [0.4, 0.5) is 5.69 Å². The number of para-hydroxylation sites is 1. The molecule has 0 spiro atoms. The van der Waals surface area contributed by atoms with Gasteiger partial charge in [-0.25, -0.2) is 4.79 Å². The Hall–Kier alpha value is -1.51. The van der Waals surface area contributed by atoms with Gasteiger partial charge < -0.3 is 10.4 Å². The fraction of sp³-hybridized carbons (Fsp3) is 0.462. The number of carboxylic acid groups (broad SMARTS) is 1. The summed E-state index contributed by atoms with van der Waals surface area (Å²) in [5.41, 5.74) is 1.43. The summed E-state index contributed by atoms with van der Waals surface area (Å²) in [4.78, 5) is 11.0. The van der Waals surface area contributed by atoms with E-state index in [9.17, 15) is 4.79 Å². The third kappa shape index (κ3) is 2.18. The average Bonchev–Trinajstić information content (AvgIpc) is 2.24. The van der Waals surface area contributed by atoms with Crippen LogP contribution in [-0.4, -0.2) is 17.6 Å². The molecule has 0 radical (unpaired) electrons. The molecule has 1 aromatic carbocycles. The van der Waals surface area contributed by atoms with E-state index in [0.29, 0.717) is 11.0 Å². The molecule has 0 atom stereocenters. The molecule has 1 saturated carbocycles. The zero-order valence-corrected chi connectivity index (χ0v) is 9.49. The minimum Gasteiger partial charge on any atom is -0.478 e. The number of anilines is 1. The zero-order chi connectivity index (χ0) is 11.6. The van der Waals surface area contributed by atoms with Gasteiger partial charge in [-0.1, -0.05) is 25.5 Å². The number of aromatic carboxylic acids is 1. The summed E-state index contributed by atoms with van der Waals surface area (Å²) in [6.07, 6.45) is 3.75. The number of hydrogen-bond donors (Lipinski definition) is 2. The van der Waals surface area contributed by atoms with Crippen LogP contribution in [0.15, 0.2) is 24.3 Å². The van der Waals surface area contributed by atoms with Gasteiger partial charge >= 0.3 is 5.97 Å². The van der Waals surface area contributed by atoms with Gasteiger partial charge in [-0.05, 0) is 30.4 Å². The van der Waals surface area contributed by atoms with Crippen molar-refractivity contribution in [1.82, 2.24) is 0 Å². The number of benzene rings is 1. The molecule has 0 aliphatic heterocycles. The van der Waals surface area contributed by atoms with E-state index in [4.69, 9.17) is 5.11 Å². The lowest BCUT2D eigenvalue weighted by atomic mass is 9.70. The van der Waals surface area contributed by atoms with E-state index >= 15 is 0 Å². The van der Waals surface area contributed by atoms with Crippen molar-refractivity contribution in [2.75, 3.05) is 11.9 Å². The van der Waals surface area contributed by atoms with E-state index in [0.717, 1.165) is 12.2 Å². The fourth-order valence-corrected chi connectivity index (χ4v) is 2.09. The summed E-state index contributed by atoms with van der Waals surface area (Å²) in [7, 11) is 0. The van der Waals surface area contributed by atoms with Gasteiger partial charge in [-0.15, -0.1) is 0 Å². The molecule has 2 rings (SSSR count). The number of nitrogens with one attached hydrogen (secondary N) is 1. The molecule has 1 aliphatic carbocycles. The molecule has 2 N–H and O–H groups in total. The van der Waals surface area contributed by atoms with E-state index in [2.05, 4.69) is 12.2 Å². The molecule has 1 aromatic rings. The molecule has 86 valence electrons. The first-order chi connectivity index (χ1) is 7.61. The molecule has 0 amide bonds. The van der Waals surface area contributed by atoms with Gasteiger partial charge in [0.1, 0.15) is 0 Å². The van der Waals surface area contributed by atoms with Crippen molar-refractivity contribution >= 4 is 11.7 Å². The quantitative estimate of drug-likeness (QED) is 0.818. The third-order valence-corrected chi connectivity index (χ3v) is 3.42. The first-order valence-corrected chi connectivity index (χ1v) is 5.67. The van der Waals surface area contributed by atoms with E-state index in [-0.39, 0.29) is 0 Å². The molecule has 1 aliphatic rings. The number of hydrogen-bond acceptors (Lipinski definition) is 2. The minimum absolute atomic E-state index is 0.352. The number of rotatable bonds is 4. The average molecular weight is 219 g/mol. The van der Waals surface area contributed by atoms with Crippen molar-refractivity contribution in [3.63, 3.8) is 0 Å². The van der Waals surface area contributed by atoms with Crippen LogP contribution in [-0.2, 0) is 0 Å². The maximum atomic E-state index is 11.0. The van der Waals surface area contributed by atoms with Crippen molar-refractivity contribution in [3.05, 3.63) is 29.8 Å². The van der Waals surface area contributed by atoms with Crippen molar-refractivity contribution in [1.29, 1.82) is 0 Å². The monoisotopic (exact) mass is 219 g/mol. The van der Waals surface area contributed by atoms with Crippen LogP contribution in [0.3, 0.4) is 0 Å². The Labute approximate surface area is 95.5 Å². The second-order valence-electron chi connectivity index (χ2n) is 4.87. The third-order valence-electron chi connectivity index (χ3n) is 3.42. The smallest absolute Gasteiger partial charge is 0.337 e. The summed E-state index contributed by atoms with van der Waals surface area (Å²) in [5, 5.41) is 12.3. The van der Waals surface area contributed by atoms with Crippen LogP contribution >= 0.6 is 0 Å². The second kappa shape index (κ2) is 4.16. The molecular weight excluding hydrogens is 202 g/mol. The molecule has 0 unspecified atom stereocenters. The molecule has 0 aromatic heterocycles. The van der Waals surface area contributed by atoms with Gasteiger partial charge in [0.15, 0.2) is 0 Å². The highest BCUT2D eigenvalue weighted by Crippen LogP contribution is 2.40. The molecular formula is C13H17NO2. The lowest BCUT2D eigenvalue weighted by molar-refractivity contribution is 0.0697. The topological polar surface area (TPSA) is 49.3 Å². The summed E-state index contributed by atoms with van der Waals surface area (Å²) >= 11 is 0. The lowest BCUT2D eigenvalue weighted by Crippen LogP contribution is -2.33. The highest BCUT2D eigenvalue weighted by molar-refractivity contribution is 5.94. The first-order valence-electron chi connectivity index (χ1n) is 5.67. The largest absolute Gasteiger partial charge is 0.478 e. The SMILES string of the molecule is CC1(CNc2ccccc2C(=O)O)CCC1. The van der Waals surface area contributed by atoms with Crippen LogP contribution in [0.25, 0.3) is 0 Å². The summed E-state index contributed by atoms with van der Waals surface area (Å²) in [6, 6.07) is 7.07. The van der Waals surface area contributed by atoms with E-state index in [1.165, 1.54) is 19.3 Å². The minimum atomic E-state index is -0.873. The molecule has 3 nitrogen and oxygen atoms in total. The lowest BCUT2D eigenvalue weighted by Gasteiger charge is -2.38. The van der Waals surface area contributed by atoms with Crippen molar-refractivity contribution in [2.24, 2.45) is 5.41 Å². The van der Waals surface area contributed by atoms with E-state index in [1.807, 2.05) is 12.1 Å². The van der Waals surface area contributed by atoms with Gasteiger partial charge in [0.05, 0.1) is 5.56 Å². The molecule has 0 heterocycles. The van der Waals surface area contributed by atoms with Crippen LogP contribution in [0.2, 0.25) is 0 Å². The van der Waals surface area contributed by atoms with Gasteiger partial charge in [-0.3, -0.25) is 0 Å². The van der Waals surface area contributed by atoms with Gasteiger partial charge in [-0.2, -0.15) is 0 Å². The Bertz CT molecular complexity index is 397. The van der Waals surface area contributed by atoms with Crippen LogP contribution in [0.1, 0.15) is 36.5 Å².